The van der Waals surface area contributed by atoms with Crippen molar-refractivity contribution in [2.75, 3.05) is 20.2 Å². The molecule has 0 spiro atoms. The highest BCUT2D eigenvalue weighted by atomic mass is 35.5. The minimum absolute atomic E-state index is 0.357. The number of piperidine rings is 1. The van der Waals surface area contributed by atoms with E-state index in [0.29, 0.717) is 45.3 Å². The number of ether oxygens (including phenoxy) is 1. The van der Waals surface area contributed by atoms with Crippen molar-refractivity contribution in [1.29, 1.82) is 0 Å². The molecule has 2 atom stereocenters. The number of benzene rings is 1. The Balaban J connectivity index is 1.75. The van der Waals surface area contributed by atoms with Crippen molar-refractivity contribution in [3.8, 4) is 0 Å². The van der Waals surface area contributed by atoms with Gasteiger partial charge in [-0.1, -0.05) is 40.8 Å². The van der Waals surface area contributed by atoms with Gasteiger partial charge >= 0.3 is 5.97 Å². The summed E-state index contributed by atoms with van der Waals surface area (Å²) in [5, 5.41) is 5.06. The Bertz CT molecular complexity index is 1070. The molecule has 3 heterocycles. The summed E-state index contributed by atoms with van der Waals surface area (Å²) in [5.74, 6) is -0.501. The minimum atomic E-state index is -0.645. The van der Waals surface area contributed by atoms with E-state index in [0.717, 1.165) is 18.7 Å². The van der Waals surface area contributed by atoms with E-state index < -0.39 is 11.8 Å². The fourth-order valence-electron chi connectivity index (χ4n) is 4.56. The van der Waals surface area contributed by atoms with E-state index in [4.69, 9.17) is 32.5 Å². The number of likely N-dealkylation sites (tertiary alicyclic amines) is 1. The molecule has 2 unspecified atom stereocenters. The lowest BCUT2D eigenvalue weighted by Gasteiger charge is -2.31. The minimum Gasteiger partial charge on any atom is -0.468 e. The van der Waals surface area contributed by atoms with Crippen LogP contribution in [-0.2, 0) is 16.1 Å². The smallest absolute Gasteiger partial charge is 0.315 e. The van der Waals surface area contributed by atoms with Crippen molar-refractivity contribution < 1.29 is 14.1 Å². The van der Waals surface area contributed by atoms with Crippen molar-refractivity contribution in [2.45, 2.75) is 45.6 Å². The second-order valence-corrected chi connectivity index (χ2v) is 9.07. The van der Waals surface area contributed by atoms with E-state index in [1.165, 1.54) is 26.4 Å². The van der Waals surface area contributed by atoms with E-state index in [1.807, 2.05) is 19.9 Å². The average Bonchev–Trinajstić information content (AvgIpc) is 3.23. The summed E-state index contributed by atoms with van der Waals surface area (Å²) in [7, 11) is 1.37. The fraction of sp³-hybridized carbons (Fsp3) is 0.478. The first-order valence-electron chi connectivity index (χ1n) is 10.7. The lowest BCUT2D eigenvalue weighted by Crippen LogP contribution is -2.33. The number of nitrogens with zero attached hydrogens (tertiary/aromatic N) is 4. The van der Waals surface area contributed by atoms with Gasteiger partial charge in [0, 0.05) is 22.9 Å². The Morgan fingerprint density at radius 1 is 1.19 bits per heavy atom. The summed E-state index contributed by atoms with van der Waals surface area (Å²) in [4.78, 5) is 24.4. The molecule has 2 aromatic rings. The van der Waals surface area contributed by atoms with Gasteiger partial charge in [-0.05, 0) is 57.5 Å². The van der Waals surface area contributed by atoms with Crippen LogP contribution in [0.2, 0.25) is 10.0 Å². The number of aromatic nitrogens is 2. The molecule has 170 valence electrons. The molecule has 1 saturated heterocycles. The maximum atomic E-state index is 12.8. The number of carbonyl (C=O) groups excluding carboxylic acids is 1. The molecule has 1 aromatic heterocycles. The Morgan fingerprint density at radius 2 is 1.94 bits per heavy atom. The molecule has 1 fully saturated rings. The molecule has 7 nitrogen and oxygen atoms in total. The summed E-state index contributed by atoms with van der Waals surface area (Å²) in [6, 6.07) is 5.34. The molecule has 2 aliphatic heterocycles. The first-order valence-corrected chi connectivity index (χ1v) is 11.5. The highest BCUT2D eigenvalue weighted by molar-refractivity contribution is 6.42. The second-order valence-electron chi connectivity index (χ2n) is 8.26. The number of allylic oxidation sites excluding steroid dienone is 2. The molecular formula is C23H26Cl2N4O3. The van der Waals surface area contributed by atoms with Crippen LogP contribution >= 0.6 is 23.2 Å². The zero-order chi connectivity index (χ0) is 22.8. The normalized spacial score (nSPS) is 22.1. The van der Waals surface area contributed by atoms with E-state index >= 15 is 0 Å². The maximum absolute atomic E-state index is 12.8. The van der Waals surface area contributed by atoms with Gasteiger partial charge in [-0.15, -0.1) is 0 Å². The van der Waals surface area contributed by atoms with Gasteiger partial charge < -0.3 is 9.26 Å². The molecule has 2 aliphatic rings. The van der Waals surface area contributed by atoms with Crippen LogP contribution in [0.15, 0.2) is 33.4 Å². The van der Waals surface area contributed by atoms with E-state index in [9.17, 15) is 4.79 Å². The van der Waals surface area contributed by atoms with Crippen LogP contribution in [0.5, 0.6) is 0 Å². The van der Waals surface area contributed by atoms with Gasteiger partial charge in [0.15, 0.2) is 5.82 Å². The topological polar surface area (TPSA) is 80.8 Å². The van der Waals surface area contributed by atoms with Crippen molar-refractivity contribution >= 4 is 40.5 Å². The average molecular weight is 477 g/mol. The zero-order valence-corrected chi connectivity index (χ0v) is 19.9. The molecule has 0 bridgehead atoms. The number of hydrogen-bond donors (Lipinski definition) is 0. The molecule has 0 saturated carbocycles. The quantitative estimate of drug-likeness (QED) is 0.555. The Labute approximate surface area is 197 Å². The van der Waals surface area contributed by atoms with Gasteiger partial charge in [0.05, 0.1) is 23.7 Å². The maximum Gasteiger partial charge on any atom is 0.315 e. The summed E-state index contributed by atoms with van der Waals surface area (Å²) in [6.07, 6.45) is 3.63. The Kier molecular flexibility index (Phi) is 6.98. The monoisotopic (exact) mass is 476 g/mol. The van der Waals surface area contributed by atoms with Crippen LogP contribution in [0.3, 0.4) is 0 Å². The largest absolute Gasteiger partial charge is 0.468 e. The first kappa shape index (κ1) is 23.0. The van der Waals surface area contributed by atoms with Crippen molar-refractivity contribution in [3.05, 3.63) is 51.2 Å². The van der Waals surface area contributed by atoms with Gasteiger partial charge in [0.1, 0.15) is 5.92 Å². The number of hydrogen-bond acceptors (Lipinski definition) is 7. The van der Waals surface area contributed by atoms with Crippen LogP contribution < -0.4 is 0 Å². The van der Waals surface area contributed by atoms with Crippen LogP contribution in [0.25, 0.3) is 5.57 Å². The number of esters is 1. The van der Waals surface area contributed by atoms with Gasteiger partial charge in [-0.2, -0.15) is 4.98 Å². The molecule has 1 aromatic carbocycles. The predicted octanol–water partition coefficient (Wildman–Crippen LogP) is 5.14. The third-order valence-corrected chi connectivity index (χ3v) is 6.84. The molecule has 32 heavy (non-hydrogen) atoms. The van der Waals surface area contributed by atoms with Gasteiger partial charge in [0.25, 0.3) is 5.89 Å². The Morgan fingerprint density at radius 3 is 2.62 bits per heavy atom. The highest BCUT2D eigenvalue weighted by Crippen LogP contribution is 2.45. The van der Waals surface area contributed by atoms with Crippen molar-refractivity contribution in [1.82, 2.24) is 15.0 Å². The van der Waals surface area contributed by atoms with Crippen LogP contribution in [-0.4, -0.2) is 46.9 Å². The first-order chi connectivity index (χ1) is 15.4. The van der Waals surface area contributed by atoms with Gasteiger partial charge in [-0.25, -0.2) is 0 Å². The SMILES string of the molecule is COC(=O)C1C(C)=NC(C)=C(c2nc(CN3CCCCC3)no2)C1c1ccc(Cl)c(Cl)c1. The predicted molar refractivity (Wildman–Crippen MR) is 124 cm³/mol. The van der Waals surface area contributed by atoms with Crippen LogP contribution in [0.1, 0.15) is 56.3 Å². The molecule has 0 radical (unpaired) electrons. The number of aliphatic imine (C=N–C) groups is 1. The molecule has 0 N–H and O–H groups in total. The zero-order valence-electron chi connectivity index (χ0n) is 18.4. The lowest BCUT2D eigenvalue weighted by molar-refractivity contribution is -0.143. The molecule has 0 amide bonds. The summed E-state index contributed by atoms with van der Waals surface area (Å²) in [6.45, 7) is 6.40. The van der Waals surface area contributed by atoms with E-state index in [1.54, 1.807) is 12.1 Å². The third-order valence-electron chi connectivity index (χ3n) is 6.10. The summed E-state index contributed by atoms with van der Waals surface area (Å²) < 4.78 is 10.8. The summed E-state index contributed by atoms with van der Waals surface area (Å²) >= 11 is 12.5. The fourth-order valence-corrected chi connectivity index (χ4v) is 4.87. The summed E-state index contributed by atoms with van der Waals surface area (Å²) in [5.41, 5.74) is 2.87. The van der Waals surface area contributed by atoms with E-state index in [2.05, 4.69) is 20.0 Å². The molecule has 9 heteroatoms. The van der Waals surface area contributed by atoms with Crippen molar-refractivity contribution in [2.24, 2.45) is 10.9 Å². The van der Waals surface area contributed by atoms with Gasteiger partial charge in [-0.3, -0.25) is 14.7 Å². The molecular weight excluding hydrogens is 451 g/mol. The number of rotatable bonds is 5. The third kappa shape index (κ3) is 4.60. The molecule has 4 rings (SSSR count). The standard InChI is InChI=1S/C23H26Cl2N4O3/c1-13-19(22-27-18(28-32-22)12-29-9-5-4-6-10-29)21(15-7-8-16(24)17(25)11-15)20(14(2)26-13)23(30)31-3/h7-8,11,20-21H,4-6,9-10,12H2,1-3H3. The van der Waals surface area contributed by atoms with Crippen LogP contribution in [0, 0.1) is 5.92 Å². The second kappa shape index (κ2) is 9.73. The van der Waals surface area contributed by atoms with Crippen molar-refractivity contribution in [3.63, 3.8) is 0 Å². The number of halogens is 2. The molecule has 0 aliphatic carbocycles. The Hall–Kier alpha value is -2.22. The number of methoxy groups -OCH3 is 1. The van der Waals surface area contributed by atoms with E-state index in [-0.39, 0.29) is 5.97 Å². The highest BCUT2D eigenvalue weighted by Gasteiger charge is 2.41. The lowest BCUT2D eigenvalue weighted by atomic mass is 9.75. The van der Waals surface area contributed by atoms with Gasteiger partial charge in [0.2, 0.25) is 0 Å². The van der Waals surface area contributed by atoms with Crippen LogP contribution in [0.4, 0.5) is 0 Å². The number of carbonyl (C=O) groups is 1.